The molecule has 0 amide bonds. The SMILES string of the molecule is C[C@H](Nc1nc(N)nc(N)c1C#N)c1nc2cccc(Cl)c2c(=O)n1-c1cncc(Cl)c1. The van der Waals surface area contributed by atoms with Gasteiger partial charge in [0.1, 0.15) is 23.3 Å². The van der Waals surface area contributed by atoms with E-state index < -0.39 is 11.6 Å². The molecule has 0 aliphatic rings. The zero-order chi connectivity index (χ0) is 23.0. The van der Waals surface area contributed by atoms with E-state index in [1.807, 2.05) is 6.07 Å². The Morgan fingerprint density at radius 3 is 2.69 bits per heavy atom. The van der Waals surface area contributed by atoms with E-state index in [0.29, 0.717) is 22.1 Å². The van der Waals surface area contributed by atoms with E-state index in [-0.39, 0.29) is 33.6 Å². The predicted molar refractivity (Wildman–Crippen MR) is 123 cm³/mol. The van der Waals surface area contributed by atoms with Crippen molar-refractivity contribution >= 4 is 51.7 Å². The first-order chi connectivity index (χ1) is 15.3. The van der Waals surface area contributed by atoms with Gasteiger partial charge in [-0.1, -0.05) is 29.3 Å². The molecule has 32 heavy (non-hydrogen) atoms. The van der Waals surface area contributed by atoms with Gasteiger partial charge >= 0.3 is 0 Å². The Morgan fingerprint density at radius 1 is 1.19 bits per heavy atom. The van der Waals surface area contributed by atoms with Crippen LogP contribution in [0.25, 0.3) is 16.6 Å². The predicted octanol–water partition coefficient (Wildman–Crippen LogP) is 3.09. The molecule has 0 radical (unpaired) electrons. The van der Waals surface area contributed by atoms with Gasteiger partial charge in [-0.2, -0.15) is 15.2 Å². The molecule has 1 atom stereocenters. The van der Waals surface area contributed by atoms with E-state index in [1.165, 1.54) is 17.0 Å². The van der Waals surface area contributed by atoms with Gasteiger partial charge in [0.2, 0.25) is 5.95 Å². The van der Waals surface area contributed by atoms with E-state index in [2.05, 4.69) is 25.3 Å². The van der Waals surface area contributed by atoms with Crippen molar-refractivity contribution < 1.29 is 0 Å². The van der Waals surface area contributed by atoms with Crippen LogP contribution in [0.5, 0.6) is 0 Å². The van der Waals surface area contributed by atoms with Crippen molar-refractivity contribution in [3.05, 3.63) is 68.4 Å². The van der Waals surface area contributed by atoms with Crippen LogP contribution in [-0.4, -0.2) is 24.5 Å². The fraction of sp³-hybridized carbons (Fsp3) is 0.100. The third kappa shape index (κ3) is 3.75. The number of hydrogen-bond acceptors (Lipinski definition) is 9. The van der Waals surface area contributed by atoms with Gasteiger partial charge in [0.25, 0.3) is 5.56 Å². The number of pyridine rings is 1. The Balaban J connectivity index is 1.95. The molecule has 4 aromatic rings. The van der Waals surface area contributed by atoms with Crippen LogP contribution in [0.2, 0.25) is 10.0 Å². The fourth-order valence-electron chi connectivity index (χ4n) is 3.25. The Morgan fingerprint density at radius 2 is 1.97 bits per heavy atom. The van der Waals surface area contributed by atoms with E-state index >= 15 is 0 Å². The van der Waals surface area contributed by atoms with Gasteiger partial charge in [0.15, 0.2) is 5.82 Å². The molecule has 0 spiro atoms. The summed E-state index contributed by atoms with van der Waals surface area (Å²) in [6, 6.07) is 7.89. The monoisotopic (exact) mass is 467 g/mol. The highest BCUT2D eigenvalue weighted by Gasteiger charge is 2.22. The first-order valence-corrected chi connectivity index (χ1v) is 9.97. The smallest absolute Gasteiger partial charge is 0.267 e. The zero-order valence-electron chi connectivity index (χ0n) is 16.5. The van der Waals surface area contributed by atoms with E-state index in [0.717, 1.165) is 0 Å². The molecule has 12 heteroatoms. The largest absolute Gasteiger partial charge is 0.382 e. The number of nitrogens with two attached hydrogens (primary N) is 2. The van der Waals surface area contributed by atoms with Crippen molar-refractivity contribution in [2.45, 2.75) is 13.0 Å². The van der Waals surface area contributed by atoms with E-state index in [1.54, 1.807) is 31.2 Å². The molecule has 0 fully saturated rings. The lowest BCUT2D eigenvalue weighted by molar-refractivity contribution is 0.729. The molecular weight excluding hydrogens is 453 g/mol. The maximum absolute atomic E-state index is 13.5. The lowest BCUT2D eigenvalue weighted by Gasteiger charge is -2.21. The van der Waals surface area contributed by atoms with Gasteiger partial charge in [0, 0.05) is 6.20 Å². The quantitative estimate of drug-likeness (QED) is 0.409. The Kier molecular flexibility index (Phi) is 5.52. The summed E-state index contributed by atoms with van der Waals surface area (Å²) >= 11 is 12.4. The van der Waals surface area contributed by atoms with Gasteiger partial charge in [-0.3, -0.25) is 14.3 Å². The zero-order valence-corrected chi connectivity index (χ0v) is 18.1. The topological polar surface area (TPSA) is 161 Å². The van der Waals surface area contributed by atoms with Gasteiger partial charge in [0.05, 0.1) is 38.9 Å². The van der Waals surface area contributed by atoms with E-state index in [4.69, 9.17) is 34.7 Å². The number of aromatic nitrogens is 5. The molecular formula is C20H15Cl2N9O. The summed E-state index contributed by atoms with van der Waals surface area (Å²) in [6.45, 7) is 1.74. The minimum absolute atomic E-state index is 0.0215. The summed E-state index contributed by atoms with van der Waals surface area (Å²) in [5.74, 6) is 0.241. The molecule has 4 rings (SSSR count). The fourth-order valence-corrected chi connectivity index (χ4v) is 3.67. The molecule has 0 bridgehead atoms. The highest BCUT2D eigenvalue weighted by Crippen LogP contribution is 2.27. The number of nitrogens with one attached hydrogen (secondary N) is 1. The maximum atomic E-state index is 13.5. The van der Waals surface area contributed by atoms with Crippen LogP contribution in [-0.2, 0) is 0 Å². The van der Waals surface area contributed by atoms with Crippen molar-refractivity contribution in [2.75, 3.05) is 16.8 Å². The van der Waals surface area contributed by atoms with Gasteiger partial charge in [-0.25, -0.2) is 4.98 Å². The van der Waals surface area contributed by atoms with Crippen molar-refractivity contribution in [2.24, 2.45) is 0 Å². The molecule has 0 saturated heterocycles. The lowest BCUT2D eigenvalue weighted by Crippen LogP contribution is -2.28. The molecule has 3 heterocycles. The second-order valence-electron chi connectivity index (χ2n) is 6.77. The summed E-state index contributed by atoms with van der Waals surface area (Å²) in [7, 11) is 0. The summed E-state index contributed by atoms with van der Waals surface area (Å²) in [4.78, 5) is 30.1. The number of benzene rings is 1. The second kappa shape index (κ2) is 8.30. The minimum atomic E-state index is -0.633. The second-order valence-corrected chi connectivity index (χ2v) is 7.62. The van der Waals surface area contributed by atoms with Crippen molar-refractivity contribution in [1.82, 2.24) is 24.5 Å². The Labute approximate surface area is 191 Å². The molecule has 0 saturated carbocycles. The van der Waals surface area contributed by atoms with Crippen molar-refractivity contribution in [1.29, 1.82) is 5.26 Å². The normalized spacial score (nSPS) is 11.8. The molecule has 0 aliphatic carbocycles. The number of hydrogen-bond donors (Lipinski definition) is 3. The number of nitrogen functional groups attached to an aromatic ring is 2. The van der Waals surface area contributed by atoms with Crippen LogP contribution in [0.3, 0.4) is 0 Å². The van der Waals surface area contributed by atoms with Gasteiger partial charge < -0.3 is 16.8 Å². The molecule has 1 aromatic carbocycles. The first-order valence-electron chi connectivity index (χ1n) is 9.22. The maximum Gasteiger partial charge on any atom is 0.267 e. The molecule has 10 nitrogen and oxygen atoms in total. The van der Waals surface area contributed by atoms with Crippen LogP contribution < -0.4 is 22.3 Å². The summed E-state index contributed by atoms with van der Waals surface area (Å²) < 4.78 is 1.35. The number of nitriles is 1. The van der Waals surface area contributed by atoms with Crippen molar-refractivity contribution in [3.63, 3.8) is 0 Å². The summed E-state index contributed by atoms with van der Waals surface area (Å²) in [5, 5.41) is 13.3. The molecule has 0 aliphatic heterocycles. The third-order valence-corrected chi connectivity index (χ3v) is 5.15. The van der Waals surface area contributed by atoms with Crippen LogP contribution in [0, 0.1) is 11.3 Å². The van der Waals surface area contributed by atoms with Crippen LogP contribution in [0.15, 0.2) is 41.5 Å². The molecule has 0 unspecified atom stereocenters. The molecule has 3 aromatic heterocycles. The standard InChI is InChI=1S/C20H15Cl2N9O/c1-9(27-17-12(6-23)16(24)29-20(25)30-17)18-28-14-4-2-3-13(22)15(14)19(32)31(18)11-5-10(21)7-26-8-11/h2-5,7-9H,1H3,(H5,24,25,27,29,30)/t9-/m0/s1. The highest BCUT2D eigenvalue weighted by atomic mass is 35.5. The third-order valence-electron chi connectivity index (χ3n) is 4.63. The lowest BCUT2D eigenvalue weighted by atomic mass is 10.2. The number of nitrogens with zero attached hydrogens (tertiary/aromatic N) is 6. The molecule has 5 N–H and O–H groups in total. The minimum Gasteiger partial charge on any atom is -0.382 e. The van der Waals surface area contributed by atoms with Crippen molar-refractivity contribution in [3.8, 4) is 11.8 Å². The summed E-state index contributed by atoms with van der Waals surface area (Å²) in [6.07, 6.45) is 2.93. The van der Waals surface area contributed by atoms with Crippen LogP contribution in [0.4, 0.5) is 17.6 Å². The highest BCUT2D eigenvalue weighted by molar-refractivity contribution is 6.35. The van der Waals surface area contributed by atoms with E-state index in [9.17, 15) is 10.1 Å². The number of rotatable bonds is 4. The molecule has 160 valence electrons. The number of halogens is 2. The Bertz CT molecular complexity index is 1460. The van der Waals surface area contributed by atoms with Crippen LogP contribution in [0.1, 0.15) is 24.4 Å². The van der Waals surface area contributed by atoms with Gasteiger partial charge in [-0.15, -0.1) is 0 Å². The average molecular weight is 468 g/mol. The van der Waals surface area contributed by atoms with Crippen LogP contribution >= 0.6 is 23.2 Å². The van der Waals surface area contributed by atoms with Gasteiger partial charge in [-0.05, 0) is 25.1 Å². The first kappa shape index (κ1) is 21.3. The number of fused-ring (bicyclic) bond motifs is 1. The summed E-state index contributed by atoms with van der Waals surface area (Å²) in [5.41, 5.74) is 11.9. The Hall–Kier alpha value is -3.94. The average Bonchev–Trinajstić information content (AvgIpc) is 2.73. The number of anilines is 3.